The molecule has 0 bridgehead atoms. The van der Waals surface area contributed by atoms with E-state index in [4.69, 9.17) is 9.47 Å². The molecule has 0 aliphatic heterocycles. The van der Waals surface area contributed by atoms with E-state index in [9.17, 15) is 4.79 Å². The first kappa shape index (κ1) is 15.1. The molecule has 0 radical (unpaired) electrons. The van der Waals surface area contributed by atoms with Crippen LogP contribution in [0.15, 0.2) is 45.6 Å². The van der Waals surface area contributed by atoms with E-state index in [1.54, 1.807) is 11.3 Å². The fourth-order valence-electron chi connectivity index (χ4n) is 1.63. The van der Waals surface area contributed by atoms with Crippen LogP contribution in [0.3, 0.4) is 0 Å². The zero-order valence-corrected chi connectivity index (χ0v) is 13.3. The van der Waals surface area contributed by atoms with Crippen molar-refractivity contribution >= 4 is 33.2 Å². The monoisotopic (exact) mass is 354 g/mol. The molecule has 0 N–H and O–H groups in total. The molecule has 0 atom stereocenters. The summed E-state index contributed by atoms with van der Waals surface area (Å²) in [6.07, 6.45) is 1.14. The van der Waals surface area contributed by atoms with Gasteiger partial charge in [-0.05, 0) is 47.0 Å². The highest BCUT2D eigenvalue weighted by Gasteiger charge is 2.04. The maximum atomic E-state index is 11.5. The molecular formula is C15H15BrO3S. The van der Waals surface area contributed by atoms with Gasteiger partial charge in [-0.3, -0.25) is 4.79 Å². The average molecular weight is 355 g/mol. The van der Waals surface area contributed by atoms with E-state index >= 15 is 0 Å². The second-order valence-corrected chi connectivity index (χ2v) is 5.85. The van der Waals surface area contributed by atoms with Crippen LogP contribution in [-0.4, -0.2) is 19.2 Å². The number of carbonyl (C=O) groups is 1. The zero-order chi connectivity index (χ0) is 14.2. The fourth-order valence-corrected chi connectivity index (χ4v) is 2.71. The Kier molecular flexibility index (Phi) is 6.08. The molecule has 106 valence electrons. The van der Waals surface area contributed by atoms with Gasteiger partial charge in [-0.15, -0.1) is 0 Å². The first-order chi connectivity index (χ1) is 9.74. The maximum Gasteiger partial charge on any atom is 0.306 e. The molecule has 0 unspecified atom stereocenters. The third-order valence-electron chi connectivity index (χ3n) is 2.61. The van der Waals surface area contributed by atoms with E-state index in [0.717, 1.165) is 16.6 Å². The van der Waals surface area contributed by atoms with Crippen molar-refractivity contribution in [2.45, 2.75) is 12.8 Å². The lowest BCUT2D eigenvalue weighted by molar-refractivity contribution is -0.144. The van der Waals surface area contributed by atoms with Crippen LogP contribution in [0.5, 0.6) is 5.75 Å². The summed E-state index contributed by atoms with van der Waals surface area (Å²) in [6, 6.07) is 9.58. The highest BCUT2D eigenvalue weighted by atomic mass is 79.9. The zero-order valence-electron chi connectivity index (χ0n) is 10.9. The molecule has 2 rings (SSSR count). The van der Waals surface area contributed by atoms with Gasteiger partial charge < -0.3 is 9.47 Å². The summed E-state index contributed by atoms with van der Waals surface area (Å²) in [7, 11) is 0. The van der Waals surface area contributed by atoms with Crippen molar-refractivity contribution in [3.05, 3.63) is 51.1 Å². The van der Waals surface area contributed by atoms with Crippen molar-refractivity contribution in [3.63, 3.8) is 0 Å². The van der Waals surface area contributed by atoms with Crippen LogP contribution in [0.2, 0.25) is 0 Å². The molecule has 0 spiro atoms. The molecule has 5 heteroatoms. The Morgan fingerprint density at radius 1 is 1.25 bits per heavy atom. The quantitative estimate of drug-likeness (QED) is 0.555. The Bertz CT molecular complexity index is 540. The number of carbonyl (C=O) groups excluding carboxylic acids is 1. The summed E-state index contributed by atoms with van der Waals surface area (Å²) in [5, 5.41) is 4.05. The predicted molar refractivity (Wildman–Crippen MR) is 83.2 cm³/mol. The van der Waals surface area contributed by atoms with E-state index in [0.29, 0.717) is 13.0 Å². The molecule has 20 heavy (non-hydrogen) atoms. The summed E-state index contributed by atoms with van der Waals surface area (Å²) >= 11 is 5.00. The predicted octanol–water partition coefficient (Wildman–Crippen LogP) is 4.07. The van der Waals surface area contributed by atoms with E-state index in [1.807, 2.05) is 41.1 Å². The molecule has 0 amide bonds. The van der Waals surface area contributed by atoms with Gasteiger partial charge in [0.1, 0.15) is 19.0 Å². The van der Waals surface area contributed by atoms with Gasteiger partial charge in [0.25, 0.3) is 0 Å². The number of esters is 1. The Morgan fingerprint density at radius 3 is 2.90 bits per heavy atom. The van der Waals surface area contributed by atoms with Crippen LogP contribution < -0.4 is 4.74 Å². The standard InChI is InChI=1S/C15H15BrO3S/c16-13-2-1-3-14(10-13)18-7-8-19-15(17)5-4-12-6-9-20-11-12/h1-3,6,9-11H,4-5,7-8H2. The van der Waals surface area contributed by atoms with Crippen molar-refractivity contribution in [3.8, 4) is 5.75 Å². The SMILES string of the molecule is O=C(CCc1ccsc1)OCCOc1cccc(Br)c1. The Labute approximate surface area is 130 Å². The fraction of sp³-hybridized carbons (Fsp3) is 0.267. The number of halogens is 1. The number of aryl methyl sites for hydroxylation is 1. The third-order valence-corrected chi connectivity index (χ3v) is 3.83. The lowest BCUT2D eigenvalue weighted by Crippen LogP contribution is -2.12. The second kappa shape index (κ2) is 8.07. The van der Waals surface area contributed by atoms with Crippen LogP contribution in [0.25, 0.3) is 0 Å². The van der Waals surface area contributed by atoms with E-state index in [2.05, 4.69) is 15.9 Å². The number of ether oxygens (including phenoxy) is 2. The van der Waals surface area contributed by atoms with Gasteiger partial charge in [0.05, 0.1) is 0 Å². The third kappa shape index (κ3) is 5.35. The average Bonchev–Trinajstić information content (AvgIpc) is 2.95. The molecule has 0 aliphatic carbocycles. The maximum absolute atomic E-state index is 11.5. The largest absolute Gasteiger partial charge is 0.490 e. The minimum Gasteiger partial charge on any atom is -0.490 e. The van der Waals surface area contributed by atoms with Crippen LogP contribution in [0.4, 0.5) is 0 Å². The number of thiophene rings is 1. The highest BCUT2D eigenvalue weighted by molar-refractivity contribution is 9.10. The summed E-state index contributed by atoms with van der Waals surface area (Å²) in [5.41, 5.74) is 1.18. The number of rotatable bonds is 7. The molecular weight excluding hydrogens is 340 g/mol. The number of benzene rings is 1. The van der Waals surface area contributed by atoms with E-state index in [-0.39, 0.29) is 12.6 Å². The number of hydrogen-bond donors (Lipinski definition) is 0. The van der Waals surface area contributed by atoms with Crippen molar-refractivity contribution < 1.29 is 14.3 Å². The minimum absolute atomic E-state index is 0.186. The molecule has 1 aromatic carbocycles. The molecule has 0 aliphatic rings. The molecule has 0 saturated heterocycles. The summed E-state index contributed by atoms with van der Waals surface area (Å²) in [6.45, 7) is 0.635. The normalized spacial score (nSPS) is 10.2. The van der Waals surface area contributed by atoms with Crippen molar-refractivity contribution in [2.24, 2.45) is 0 Å². The van der Waals surface area contributed by atoms with Gasteiger partial charge in [0, 0.05) is 10.9 Å². The lowest BCUT2D eigenvalue weighted by Gasteiger charge is -2.07. The van der Waals surface area contributed by atoms with Gasteiger partial charge in [-0.2, -0.15) is 11.3 Å². The van der Waals surface area contributed by atoms with Gasteiger partial charge in [0.2, 0.25) is 0 Å². The van der Waals surface area contributed by atoms with Crippen LogP contribution in [0.1, 0.15) is 12.0 Å². The minimum atomic E-state index is -0.186. The molecule has 1 aromatic heterocycles. The smallest absolute Gasteiger partial charge is 0.306 e. The van der Waals surface area contributed by atoms with Gasteiger partial charge in [-0.25, -0.2) is 0 Å². The molecule has 3 nitrogen and oxygen atoms in total. The highest BCUT2D eigenvalue weighted by Crippen LogP contribution is 2.17. The van der Waals surface area contributed by atoms with Crippen molar-refractivity contribution in [2.75, 3.05) is 13.2 Å². The Hall–Kier alpha value is -1.33. The van der Waals surface area contributed by atoms with Crippen molar-refractivity contribution in [1.82, 2.24) is 0 Å². The van der Waals surface area contributed by atoms with Gasteiger partial charge >= 0.3 is 5.97 Å². The van der Waals surface area contributed by atoms with Crippen LogP contribution >= 0.6 is 27.3 Å². The molecule has 2 aromatic rings. The van der Waals surface area contributed by atoms with Crippen LogP contribution in [0, 0.1) is 0 Å². The summed E-state index contributed by atoms with van der Waals surface area (Å²) in [5.74, 6) is 0.572. The lowest BCUT2D eigenvalue weighted by atomic mass is 10.2. The van der Waals surface area contributed by atoms with Crippen LogP contribution in [-0.2, 0) is 16.0 Å². The molecule has 1 heterocycles. The van der Waals surface area contributed by atoms with E-state index in [1.165, 1.54) is 5.56 Å². The second-order valence-electron chi connectivity index (χ2n) is 4.16. The van der Waals surface area contributed by atoms with Gasteiger partial charge in [-0.1, -0.05) is 22.0 Å². The van der Waals surface area contributed by atoms with E-state index < -0.39 is 0 Å². The van der Waals surface area contributed by atoms with Crippen molar-refractivity contribution in [1.29, 1.82) is 0 Å². The topological polar surface area (TPSA) is 35.5 Å². The Balaban J connectivity index is 1.59. The summed E-state index contributed by atoms with van der Waals surface area (Å²) in [4.78, 5) is 11.5. The first-order valence-corrected chi connectivity index (χ1v) is 8.03. The summed E-state index contributed by atoms with van der Waals surface area (Å²) < 4.78 is 11.6. The Morgan fingerprint density at radius 2 is 2.15 bits per heavy atom. The molecule has 0 fully saturated rings. The molecule has 0 saturated carbocycles. The van der Waals surface area contributed by atoms with Gasteiger partial charge in [0.15, 0.2) is 0 Å². The first-order valence-electron chi connectivity index (χ1n) is 6.29. The number of hydrogen-bond acceptors (Lipinski definition) is 4.